The summed E-state index contributed by atoms with van der Waals surface area (Å²) in [4.78, 5) is 0. The minimum Gasteiger partial charge on any atom is -0.475 e. The van der Waals surface area contributed by atoms with Crippen molar-refractivity contribution in [3.05, 3.63) is 30.8 Å². The van der Waals surface area contributed by atoms with Gasteiger partial charge in [0.15, 0.2) is 0 Å². The van der Waals surface area contributed by atoms with Crippen LogP contribution in [0.15, 0.2) is 12.1 Å². The number of ether oxygens (including phenoxy) is 1. The second-order valence-electron chi connectivity index (χ2n) is 6.89. The van der Waals surface area contributed by atoms with Gasteiger partial charge in [0.1, 0.15) is 5.69 Å². The molecule has 0 atom stereocenters. The minimum absolute atomic E-state index is 0. The van der Waals surface area contributed by atoms with Gasteiger partial charge < -0.3 is 22.4 Å². The number of hydrogen-bond acceptors (Lipinski definition) is 3. The highest BCUT2D eigenvalue weighted by Crippen LogP contribution is 2.30. The van der Waals surface area contributed by atoms with Gasteiger partial charge in [-0.15, -0.1) is 5.10 Å². The monoisotopic (exact) mass is 304 g/mol. The van der Waals surface area contributed by atoms with E-state index in [1.165, 1.54) is 17.7 Å². The van der Waals surface area contributed by atoms with Crippen molar-refractivity contribution < 1.29 is 9.22 Å². The molecule has 0 bridgehead atoms. The fourth-order valence-corrected chi connectivity index (χ4v) is 2.95. The fraction of sp³-hybridized carbons (Fsp3) is 0.529. The van der Waals surface area contributed by atoms with Crippen LogP contribution in [0.4, 0.5) is 5.69 Å². The zero-order valence-corrected chi connectivity index (χ0v) is 14.2. The molecule has 2 heterocycles. The summed E-state index contributed by atoms with van der Waals surface area (Å²) in [5, 5.41) is 4.58. The van der Waals surface area contributed by atoms with E-state index in [4.69, 9.17) is 10.5 Å². The van der Waals surface area contributed by atoms with Crippen LogP contribution in [0.5, 0.6) is 5.88 Å². The zero-order chi connectivity index (χ0) is 15.0. The molecule has 2 aromatic heterocycles. The second-order valence-corrected chi connectivity index (χ2v) is 6.89. The van der Waals surface area contributed by atoms with Crippen molar-refractivity contribution >= 4 is 11.2 Å². The molecular weight excluding hydrogens is 276 g/mol. The fourth-order valence-electron chi connectivity index (χ4n) is 2.95. The van der Waals surface area contributed by atoms with Crippen LogP contribution in [-0.4, -0.2) is 48.4 Å². The van der Waals surface area contributed by atoms with Gasteiger partial charge >= 0.3 is 0 Å². The van der Waals surface area contributed by atoms with Gasteiger partial charge in [0.2, 0.25) is 0 Å². The summed E-state index contributed by atoms with van der Waals surface area (Å²) < 4.78 is 8.73. The molecule has 0 aromatic carbocycles. The second kappa shape index (κ2) is 6.16. The van der Waals surface area contributed by atoms with Crippen LogP contribution < -0.4 is 10.5 Å². The molecule has 122 valence electrons. The highest BCUT2D eigenvalue weighted by molar-refractivity contribution is 5.75. The Morgan fingerprint density at radius 2 is 2.05 bits per heavy atom. The smallest absolute Gasteiger partial charge is 0.257 e. The molecule has 0 saturated heterocycles. The Balaban J connectivity index is 0.00000176. The molecule has 0 saturated carbocycles. The number of nitrogens with two attached hydrogens (primary N) is 1. The van der Waals surface area contributed by atoms with Crippen molar-refractivity contribution in [3.8, 4) is 5.88 Å². The maximum atomic E-state index is 6.19. The summed E-state index contributed by atoms with van der Waals surface area (Å²) in [7, 11) is 6.55. The predicted octanol–water partition coefficient (Wildman–Crippen LogP) is 2.33. The summed E-state index contributed by atoms with van der Waals surface area (Å²) in [6.07, 6.45) is 4.42. The summed E-state index contributed by atoms with van der Waals surface area (Å²) in [6, 6.07) is 4.24. The van der Waals surface area contributed by atoms with Crippen molar-refractivity contribution in [1.82, 2.24) is 9.61 Å². The molecule has 0 amide bonds. The predicted molar refractivity (Wildman–Crippen MR) is 91.1 cm³/mol. The van der Waals surface area contributed by atoms with E-state index in [1.807, 2.05) is 4.52 Å². The van der Waals surface area contributed by atoms with E-state index in [2.05, 4.69) is 38.4 Å². The van der Waals surface area contributed by atoms with Crippen LogP contribution in [0.2, 0.25) is 0 Å². The summed E-state index contributed by atoms with van der Waals surface area (Å²) in [6.45, 7) is 1.73. The van der Waals surface area contributed by atoms with E-state index in [1.54, 1.807) is 0 Å². The average Bonchev–Trinajstić information content (AvgIpc) is 2.99. The SMILES string of the molecule is C[N+](C)(C)CCCOc1nn2c3c(ccc2c1N)CCC3.[CH3-]. The van der Waals surface area contributed by atoms with Crippen molar-refractivity contribution in [3.63, 3.8) is 0 Å². The van der Waals surface area contributed by atoms with Gasteiger partial charge in [0, 0.05) is 12.1 Å². The number of anilines is 1. The molecule has 0 radical (unpaired) electrons. The van der Waals surface area contributed by atoms with Crippen LogP contribution >= 0.6 is 0 Å². The Morgan fingerprint density at radius 1 is 1.27 bits per heavy atom. The molecule has 2 aromatic rings. The molecule has 0 spiro atoms. The number of fused-ring (bicyclic) bond motifs is 3. The molecule has 22 heavy (non-hydrogen) atoms. The number of nitrogen functional groups attached to an aromatic ring is 1. The Bertz CT molecular complexity index is 655. The molecule has 5 heteroatoms. The number of pyridine rings is 1. The van der Waals surface area contributed by atoms with E-state index in [-0.39, 0.29) is 7.43 Å². The zero-order valence-electron chi connectivity index (χ0n) is 14.2. The van der Waals surface area contributed by atoms with Gasteiger partial charge in [-0.1, -0.05) is 6.07 Å². The van der Waals surface area contributed by atoms with Gasteiger partial charge in [-0.3, -0.25) is 0 Å². The van der Waals surface area contributed by atoms with E-state index >= 15 is 0 Å². The maximum Gasteiger partial charge on any atom is 0.257 e. The number of nitrogens with zero attached hydrogens (tertiary/aromatic N) is 3. The highest BCUT2D eigenvalue weighted by atomic mass is 16.5. The molecule has 0 aliphatic heterocycles. The number of hydrogen-bond donors (Lipinski definition) is 1. The maximum absolute atomic E-state index is 6.19. The van der Waals surface area contributed by atoms with E-state index in [0.717, 1.165) is 35.8 Å². The molecule has 5 nitrogen and oxygen atoms in total. The van der Waals surface area contributed by atoms with E-state index in [9.17, 15) is 0 Å². The molecule has 0 fully saturated rings. The molecular formula is C17H28N4O. The summed E-state index contributed by atoms with van der Waals surface area (Å²) in [5.41, 5.74) is 10.5. The molecule has 2 N–H and O–H groups in total. The van der Waals surface area contributed by atoms with Crippen molar-refractivity contribution in [1.29, 1.82) is 0 Å². The first-order chi connectivity index (χ1) is 9.96. The molecule has 3 rings (SSSR count). The number of rotatable bonds is 5. The lowest BCUT2D eigenvalue weighted by atomic mass is 10.2. The van der Waals surface area contributed by atoms with Gasteiger partial charge in [-0.25, -0.2) is 4.52 Å². The van der Waals surface area contributed by atoms with Crippen molar-refractivity contribution in [2.24, 2.45) is 0 Å². The van der Waals surface area contributed by atoms with Gasteiger partial charge in [0.05, 0.1) is 39.8 Å². The summed E-state index contributed by atoms with van der Waals surface area (Å²) in [5.74, 6) is 0.580. The van der Waals surface area contributed by atoms with E-state index in [0.29, 0.717) is 18.2 Å². The van der Waals surface area contributed by atoms with E-state index < -0.39 is 0 Å². The number of aromatic nitrogens is 2. The Kier molecular flexibility index (Phi) is 4.66. The summed E-state index contributed by atoms with van der Waals surface area (Å²) >= 11 is 0. The number of quaternary nitrogens is 1. The first-order valence-electron chi connectivity index (χ1n) is 7.68. The average molecular weight is 304 g/mol. The largest absolute Gasteiger partial charge is 0.475 e. The molecule has 0 unspecified atom stereocenters. The highest BCUT2D eigenvalue weighted by Gasteiger charge is 2.19. The Hall–Kier alpha value is -1.75. The molecule has 1 aliphatic carbocycles. The lowest BCUT2D eigenvalue weighted by Crippen LogP contribution is -2.36. The third kappa shape index (κ3) is 3.19. The first kappa shape index (κ1) is 16.6. The lowest BCUT2D eigenvalue weighted by molar-refractivity contribution is -0.870. The van der Waals surface area contributed by atoms with Crippen molar-refractivity contribution in [2.45, 2.75) is 25.7 Å². The third-order valence-corrected chi connectivity index (χ3v) is 4.07. The first-order valence-corrected chi connectivity index (χ1v) is 7.68. The Labute approximate surface area is 133 Å². The Morgan fingerprint density at radius 3 is 2.77 bits per heavy atom. The van der Waals surface area contributed by atoms with Crippen molar-refractivity contribution in [2.75, 3.05) is 40.0 Å². The quantitative estimate of drug-likeness (QED) is 0.524. The van der Waals surface area contributed by atoms with Crippen LogP contribution in [-0.2, 0) is 12.8 Å². The standard InChI is InChI=1S/C16H25N4O.CH3/c1-20(2,3)10-5-11-21-16-15(17)14-9-8-12-6-4-7-13(12)19(14)18-16;/h8-9H,4-7,10-11,17H2,1-3H3;1H3/q+1;-1. The lowest BCUT2D eigenvalue weighted by Gasteiger charge is -2.23. The van der Waals surface area contributed by atoms with Crippen LogP contribution in [0, 0.1) is 7.43 Å². The third-order valence-electron chi connectivity index (χ3n) is 4.07. The number of aryl methyl sites for hydroxylation is 2. The minimum atomic E-state index is 0. The molecule has 1 aliphatic rings. The van der Waals surface area contributed by atoms with Gasteiger partial charge in [-0.2, -0.15) is 0 Å². The topological polar surface area (TPSA) is 52.5 Å². The van der Waals surface area contributed by atoms with Crippen LogP contribution in [0.25, 0.3) is 5.52 Å². The van der Waals surface area contributed by atoms with Crippen LogP contribution in [0.3, 0.4) is 0 Å². The van der Waals surface area contributed by atoms with Crippen LogP contribution in [0.1, 0.15) is 24.1 Å². The normalized spacial score (nSPS) is 14.0. The van der Waals surface area contributed by atoms with Gasteiger partial charge in [-0.05, 0) is 30.9 Å². The van der Waals surface area contributed by atoms with Gasteiger partial charge in [0.25, 0.3) is 5.88 Å².